The number of fused-ring (bicyclic) bond motifs is 5. The van der Waals surface area contributed by atoms with Gasteiger partial charge in [0.1, 0.15) is 5.01 Å². The molecule has 15 aromatic rings. The van der Waals surface area contributed by atoms with Crippen molar-refractivity contribution in [3.05, 3.63) is 260 Å². The lowest BCUT2D eigenvalue weighted by atomic mass is 10.00. The lowest BCUT2D eigenvalue weighted by molar-refractivity contribution is 0.270. The van der Waals surface area contributed by atoms with Crippen molar-refractivity contribution < 1.29 is 42.1 Å². The van der Waals surface area contributed by atoms with Crippen LogP contribution in [-0.2, 0) is 50.1 Å². The van der Waals surface area contributed by atoms with Crippen molar-refractivity contribution in [3.63, 3.8) is 0 Å². The molecule has 2 aliphatic carbocycles. The highest BCUT2D eigenvalue weighted by molar-refractivity contribution is 7.90. The molecule has 7 aliphatic rings. The standard InChI is InChI=1S/C22H24N4O2S.C21H22N4O2S.C21H24N4O2S.C19H22N4O2S2.C19H20N4O2S/c1-15-5-6-17(11-24-15)18-9-16-7-8-23-12-21(16)22(10-18)25-19-13-26(14-19)29(27,28)20-3-2-4-20;1-14-2-3-16(10-23-14)17-8-15-6-7-22-11-20(15)21(9-17)24-18-12-25(13-18)28(26,27)19-4-5-19;1-3-8-28(26,27)25-13-19(14-25)24-21-10-18(17-5-4-15(2)23-11-17)9-16-6-7-22-12-20(16)21;1-13-12-26-19(21-13)15-9-14-3-6-20-11-17(14)18(10-15)22-16-4-7-23(8-5-16)27(2,24)25;1-13-7-14(4-6-21-13)16-8-15-3-5-20-10-18(15)19(9-16)22-17-11-23(12-17)26(2,24)25/h5-12,19-20,25H,2-4,13-14H2,1H3;2-3,6-11,18-19,24H,4-5,12-13H2,1H3;4-7,9-12,19,24H,3,8,13-14H2,1-2H3;3,6,9-12,16,22H,4-5,7-8H2,1-2H3;3-10,17,22H,11-12H2,1-2H3. The molecular weight excluding hydrogens is 1860 g/mol. The van der Waals surface area contributed by atoms with Crippen LogP contribution in [0.4, 0.5) is 28.4 Å². The zero-order valence-corrected chi connectivity index (χ0v) is 83.1. The van der Waals surface area contributed by atoms with Gasteiger partial charge in [-0.3, -0.25) is 44.9 Å². The highest BCUT2D eigenvalue weighted by Gasteiger charge is 2.46. The third-order valence-electron chi connectivity index (χ3n) is 26.2. The molecule has 0 radical (unpaired) electrons. The normalized spacial score (nSPS) is 16.9. The maximum atomic E-state index is 12.6. The lowest BCUT2D eigenvalue weighted by Crippen LogP contribution is -2.59. The number of rotatable bonds is 24. The van der Waals surface area contributed by atoms with Gasteiger partial charge in [0.2, 0.25) is 50.1 Å². The van der Waals surface area contributed by atoms with Crippen molar-refractivity contribution in [3.8, 4) is 55.1 Å². The van der Waals surface area contributed by atoms with Crippen LogP contribution in [-0.4, -0.2) is 238 Å². The first-order valence-corrected chi connectivity index (χ1v) is 55.7. The minimum Gasteiger partial charge on any atom is -0.382 e. The molecule has 10 aromatic heterocycles. The Morgan fingerprint density at radius 1 is 0.319 bits per heavy atom. The van der Waals surface area contributed by atoms with E-state index in [1.54, 1.807) is 59.5 Å². The van der Waals surface area contributed by atoms with Gasteiger partial charge in [0.15, 0.2) is 0 Å². The van der Waals surface area contributed by atoms with E-state index in [4.69, 9.17) is 0 Å². The Labute approximate surface area is 810 Å². The van der Waals surface area contributed by atoms with Crippen LogP contribution in [0.3, 0.4) is 0 Å². The number of nitrogens with one attached hydrogen (secondary N) is 5. The molecule has 0 spiro atoms. The van der Waals surface area contributed by atoms with Crippen LogP contribution in [0.1, 0.15) is 86.8 Å². The van der Waals surface area contributed by atoms with Gasteiger partial charge < -0.3 is 26.6 Å². The van der Waals surface area contributed by atoms with Crippen LogP contribution in [0, 0.1) is 34.6 Å². The quantitative estimate of drug-likeness (QED) is 0.0375. The van der Waals surface area contributed by atoms with Crippen molar-refractivity contribution in [1.82, 2.24) is 71.4 Å². The van der Waals surface area contributed by atoms with Gasteiger partial charge in [-0.1, -0.05) is 31.5 Å². The average molecular weight is 1970 g/mol. The molecule has 5 aliphatic heterocycles. The molecule has 2 saturated carbocycles. The minimum absolute atomic E-state index is 0.0985. The molecule has 30 nitrogen and oxygen atoms in total. The van der Waals surface area contributed by atoms with Crippen molar-refractivity contribution >= 4 is 144 Å². The maximum Gasteiger partial charge on any atom is 0.217 e. The molecule has 0 amide bonds. The monoisotopic (exact) mass is 1970 g/mol. The zero-order chi connectivity index (χ0) is 96.4. The van der Waals surface area contributed by atoms with E-state index in [1.807, 2.05) is 152 Å². The van der Waals surface area contributed by atoms with Gasteiger partial charge in [-0.2, -0.15) is 17.2 Å². The maximum absolute atomic E-state index is 12.6. The predicted octanol–water partition coefficient (Wildman–Crippen LogP) is 16.4. The Morgan fingerprint density at radius 3 is 0.978 bits per heavy atom. The third-order valence-corrected chi connectivity index (χ3v) is 36.4. The number of aryl methyl sites for hydroxylation is 5. The smallest absolute Gasteiger partial charge is 0.217 e. The fraction of sp³-hybridized carbons (Fsp3) is 0.333. The van der Waals surface area contributed by atoms with Crippen LogP contribution in [0.5, 0.6) is 0 Å². The molecule has 5 N–H and O–H groups in total. The second-order valence-electron chi connectivity index (χ2n) is 36.8. The largest absolute Gasteiger partial charge is 0.382 e. The third kappa shape index (κ3) is 22.4. The first kappa shape index (κ1) is 96.2. The summed E-state index contributed by atoms with van der Waals surface area (Å²) in [7, 11) is -15.5. The number of benzene rings is 5. The van der Waals surface area contributed by atoms with Gasteiger partial charge in [0, 0.05) is 270 Å². The van der Waals surface area contributed by atoms with Gasteiger partial charge in [-0.05, 0) is 256 Å². The Hall–Kier alpha value is -12.1. The summed E-state index contributed by atoms with van der Waals surface area (Å²) in [5.41, 5.74) is 19.5. The van der Waals surface area contributed by atoms with Crippen LogP contribution in [0.25, 0.3) is 109 Å². The second kappa shape index (κ2) is 40.8. The summed E-state index contributed by atoms with van der Waals surface area (Å²) in [6, 6.07) is 48.2. The fourth-order valence-corrected chi connectivity index (χ4v) is 26.0. The number of thiazole rings is 1. The summed E-state index contributed by atoms with van der Waals surface area (Å²) in [5.74, 6) is 0.211. The summed E-state index contributed by atoms with van der Waals surface area (Å²) in [6.45, 7) is 17.0. The molecule has 0 unspecified atom stereocenters. The zero-order valence-electron chi connectivity index (χ0n) is 78.2. The second-order valence-corrected chi connectivity index (χ2v) is 48.1. The lowest BCUT2D eigenvalue weighted by Gasteiger charge is -2.42. The number of aromatic nitrogens is 10. The summed E-state index contributed by atoms with van der Waals surface area (Å²) < 4.78 is 129. The van der Waals surface area contributed by atoms with Gasteiger partial charge in [-0.25, -0.2) is 51.4 Å². The Kier molecular flexibility index (Phi) is 28.4. The average Bonchev–Trinajstić information content (AvgIpc) is 1.31. The Morgan fingerprint density at radius 2 is 0.659 bits per heavy atom. The molecule has 0 atom stereocenters. The molecule has 22 rings (SSSR count). The Balaban J connectivity index is 0.000000115. The van der Waals surface area contributed by atoms with Gasteiger partial charge in [0.25, 0.3) is 0 Å². The van der Waals surface area contributed by atoms with E-state index in [-0.39, 0.29) is 46.5 Å². The summed E-state index contributed by atoms with van der Waals surface area (Å²) >= 11 is 1.64. The van der Waals surface area contributed by atoms with Gasteiger partial charge >= 0.3 is 0 Å². The SMILES string of the molecule is CCCS(=O)(=O)N1CC(Nc2cc(-c3ccc(C)nc3)cc3ccncc23)C1.Cc1cc(-c2cc(NC3CN(S(C)(=O)=O)C3)c3cnccc3c2)ccn1.Cc1ccc(-c2cc(NC3CN(S(=O)(=O)C4CC4)C3)c3cnccc3c2)cn1.Cc1ccc(-c2cc(NC3CN(S(=O)(=O)C4CCC4)C3)c3cnccc3c2)cn1.Cc1csc(-c2cc(NC3CCN(S(C)(=O)=O)CC3)c3cnccc3c2)n1. The summed E-state index contributed by atoms with van der Waals surface area (Å²) in [5, 5.41) is 31.2. The highest BCUT2D eigenvalue weighted by Crippen LogP contribution is 2.42. The summed E-state index contributed by atoms with van der Waals surface area (Å²) in [4.78, 5) is 43.4. The number of sulfonamides is 5. The number of piperidine rings is 1. The Bertz CT molecular complexity index is 7610. The molecule has 138 heavy (non-hydrogen) atoms. The van der Waals surface area contributed by atoms with E-state index in [9.17, 15) is 42.1 Å². The van der Waals surface area contributed by atoms with E-state index >= 15 is 0 Å². The van der Waals surface area contributed by atoms with Crippen molar-refractivity contribution in [2.75, 3.05) is 110 Å². The van der Waals surface area contributed by atoms with E-state index in [2.05, 4.69) is 167 Å². The van der Waals surface area contributed by atoms with E-state index in [0.29, 0.717) is 71.9 Å². The molecule has 36 heteroatoms. The fourth-order valence-electron chi connectivity index (χ4n) is 17.8. The molecule has 7 fully saturated rings. The topological polar surface area (TPSA) is 376 Å². The van der Waals surface area contributed by atoms with Gasteiger partial charge in [0.05, 0.1) is 52.9 Å². The first-order valence-electron chi connectivity index (χ1n) is 46.5. The minimum atomic E-state index is -3.12. The molecule has 15 heterocycles. The van der Waals surface area contributed by atoms with Crippen molar-refractivity contribution in [2.24, 2.45) is 0 Å². The van der Waals surface area contributed by atoms with E-state index in [0.717, 1.165) is 211 Å². The number of nitrogens with zero attached hydrogens (tertiary/aromatic N) is 15. The van der Waals surface area contributed by atoms with Crippen LogP contribution in [0.2, 0.25) is 0 Å². The number of hydrogen-bond acceptors (Lipinski definition) is 26. The van der Waals surface area contributed by atoms with Gasteiger partial charge in [-0.15, -0.1) is 11.3 Å². The van der Waals surface area contributed by atoms with Crippen molar-refractivity contribution in [1.29, 1.82) is 0 Å². The first-order chi connectivity index (χ1) is 66.3. The molecule has 5 saturated heterocycles. The van der Waals surface area contributed by atoms with Crippen LogP contribution >= 0.6 is 11.3 Å². The molecular formula is C102H112N20O10S6. The summed E-state index contributed by atoms with van der Waals surface area (Å²) in [6.07, 6.45) is 34.7. The van der Waals surface area contributed by atoms with Crippen molar-refractivity contribution in [2.45, 2.75) is 134 Å². The van der Waals surface area contributed by atoms with E-state index < -0.39 is 50.1 Å². The molecule has 0 bridgehead atoms. The molecule has 716 valence electrons. The number of pyridine rings is 9. The molecule has 5 aromatic carbocycles. The predicted molar refractivity (Wildman–Crippen MR) is 553 cm³/mol. The van der Waals surface area contributed by atoms with Crippen LogP contribution < -0.4 is 26.6 Å². The van der Waals surface area contributed by atoms with Crippen LogP contribution in [0.15, 0.2) is 232 Å². The highest BCUT2D eigenvalue weighted by atomic mass is 32.2. The number of anilines is 5. The number of hydrogen-bond donors (Lipinski definition) is 5. The van der Waals surface area contributed by atoms with E-state index in [1.165, 1.54) is 16.8 Å².